The van der Waals surface area contributed by atoms with Crippen LogP contribution < -0.4 is 5.73 Å². The lowest BCUT2D eigenvalue weighted by molar-refractivity contribution is -0.131. The van der Waals surface area contributed by atoms with Gasteiger partial charge in [0.25, 0.3) is 0 Å². The molecule has 16 heavy (non-hydrogen) atoms. The highest BCUT2D eigenvalue weighted by Gasteiger charge is 2.28. The third kappa shape index (κ3) is 4.30. The molecule has 2 atom stereocenters. The minimum atomic E-state index is -0.289. The summed E-state index contributed by atoms with van der Waals surface area (Å²) in [4.78, 5) is 13.8. The van der Waals surface area contributed by atoms with Crippen LogP contribution in [0.5, 0.6) is 0 Å². The summed E-state index contributed by atoms with van der Waals surface area (Å²) in [6.07, 6.45) is 3.12. The Balaban J connectivity index is 0.00000225. The molecule has 1 saturated heterocycles. The molecule has 2 N–H and O–H groups in total. The zero-order valence-electron chi connectivity index (χ0n) is 10.6. The topological polar surface area (TPSA) is 46.3 Å². The van der Waals surface area contributed by atoms with Gasteiger partial charge >= 0.3 is 0 Å². The Labute approximate surface area is 105 Å². The van der Waals surface area contributed by atoms with Crippen molar-refractivity contribution in [1.29, 1.82) is 0 Å². The second kappa shape index (κ2) is 7.13. The average Bonchev–Trinajstić information content (AvgIpc) is 2.63. The van der Waals surface area contributed by atoms with E-state index in [1.165, 1.54) is 6.42 Å². The number of likely N-dealkylation sites (tertiary alicyclic amines) is 1. The zero-order chi connectivity index (χ0) is 11.4. The van der Waals surface area contributed by atoms with Crippen molar-refractivity contribution in [2.45, 2.75) is 46.1 Å². The molecule has 1 aliphatic rings. The molecule has 0 radical (unpaired) electrons. The molecule has 3 nitrogen and oxygen atoms in total. The third-order valence-electron chi connectivity index (χ3n) is 3.16. The van der Waals surface area contributed by atoms with Crippen LogP contribution in [0.4, 0.5) is 0 Å². The van der Waals surface area contributed by atoms with E-state index in [0.717, 1.165) is 31.8 Å². The highest BCUT2D eigenvalue weighted by molar-refractivity contribution is 5.85. The zero-order valence-corrected chi connectivity index (χ0v) is 11.4. The molecule has 0 saturated carbocycles. The fraction of sp³-hybridized carbons (Fsp3) is 0.917. The summed E-state index contributed by atoms with van der Waals surface area (Å²) in [7, 11) is 0. The van der Waals surface area contributed by atoms with E-state index < -0.39 is 0 Å². The van der Waals surface area contributed by atoms with Gasteiger partial charge in [-0.15, -0.1) is 12.4 Å². The summed E-state index contributed by atoms with van der Waals surface area (Å²) >= 11 is 0. The number of amides is 1. The van der Waals surface area contributed by atoms with Crippen LogP contribution in [0.1, 0.15) is 40.0 Å². The fourth-order valence-corrected chi connectivity index (χ4v) is 2.30. The number of carbonyl (C=O) groups excluding carboxylic acids is 1. The molecule has 0 spiro atoms. The molecule has 1 fully saturated rings. The number of rotatable bonds is 4. The van der Waals surface area contributed by atoms with Gasteiger partial charge in [0.1, 0.15) is 0 Å². The maximum Gasteiger partial charge on any atom is 0.239 e. The van der Waals surface area contributed by atoms with Crippen molar-refractivity contribution in [1.82, 2.24) is 4.90 Å². The Morgan fingerprint density at radius 2 is 2.12 bits per heavy atom. The number of carbonyl (C=O) groups is 1. The smallest absolute Gasteiger partial charge is 0.239 e. The maximum absolute atomic E-state index is 11.8. The van der Waals surface area contributed by atoms with Crippen LogP contribution >= 0.6 is 12.4 Å². The summed E-state index contributed by atoms with van der Waals surface area (Å²) in [5, 5.41) is 0. The summed E-state index contributed by atoms with van der Waals surface area (Å²) in [5.41, 5.74) is 5.75. The van der Waals surface area contributed by atoms with Crippen molar-refractivity contribution in [3.63, 3.8) is 0 Å². The molecular weight excluding hydrogens is 224 g/mol. The normalized spacial score (nSPS) is 22.1. The minimum Gasteiger partial charge on any atom is -0.341 e. The number of halogens is 1. The third-order valence-corrected chi connectivity index (χ3v) is 3.16. The monoisotopic (exact) mass is 248 g/mol. The van der Waals surface area contributed by atoms with Crippen molar-refractivity contribution in [3.05, 3.63) is 0 Å². The first-order valence-electron chi connectivity index (χ1n) is 6.09. The Hall–Kier alpha value is -0.280. The van der Waals surface area contributed by atoms with Gasteiger partial charge in [-0.1, -0.05) is 20.8 Å². The van der Waals surface area contributed by atoms with E-state index in [2.05, 4.69) is 13.8 Å². The van der Waals surface area contributed by atoms with Crippen molar-refractivity contribution in [2.75, 3.05) is 13.1 Å². The number of nitrogens with zero attached hydrogens (tertiary/aromatic N) is 1. The highest BCUT2D eigenvalue weighted by atomic mass is 35.5. The standard InChI is InChI=1S/C12H24N2O.ClH/c1-4-11(13)12(15)14-6-5-10(8-14)7-9(2)3;/h9-11H,4-8,13H2,1-3H3;1H/t10?,11-;/m0./s1. The summed E-state index contributed by atoms with van der Waals surface area (Å²) in [6, 6.07) is -0.289. The first-order valence-corrected chi connectivity index (χ1v) is 6.09. The quantitative estimate of drug-likeness (QED) is 0.828. The molecule has 1 rings (SSSR count). The highest BCUT2D eigenvalue weighted by Crippen LogP contribution is 2.23. The number of nitrogens with two attached hydrogens (primary N) is 1. The molecule has 0 aromatic heterocycles. The number of hydrogen-bond acceptors (Lipinski definition) is 2. The van der Waals surface area contributed by atoms with Crippen LogP contribution in [0, 0.1) is 11.8 Å². The van der Waals surface area contributed by atoms with E-state index in [-0.39, 0.29) is 24.4 Å². The Kier molecular flexibility index (Phi) is 7.00. The first-order chi connectivity index (χ1) is 7.04. The van der Waals surface area contributed by atoms with E-state index in [9.17, 15) is 4.79 Å². The molecule has 4 heteroatoms. The van der Waals surface area contributed by atoms with Crippen LogP contribution in [0.3, 0.4) is 0 Å². The molecule has 1 heterocycles. The van der Waals surface area contributed by atoms with Gasteiger partial charge in [0.05, 0.1) is 6.04 Å². The second-order valence-corrected chi connectivity index (χ2v) is 5.08. The van der Waals surface area contributed by atoms with Crippen LogP contribution in [0.25, 0.3) is 0 Å². The van der Waals surface area contributed by atoms with Crippen molar-refractivity contribution < 1.29 is 4.79 Å². The van der Waals surface area contributed by atoms with Crippen molar-refractivity contribution >= 4 is 18.3 Å². The van der Waals surface area contributed by atoms with Gasteiger partial charge in [0.15, 0.2) is 0 Å². The summed E-state index contributed by atoms with van der Waals surface area (Å²) in [5.74, 6) is 1.56. The van der Waals surface area contributed by atoms with Gasteiger partial charge in [-0.2, -0.15) is 0 Å². The molecule has 1 amide bonds. The van der Waals surface area contributed by atoms with E-state index >= 15 is 0 Å². The molecule has 0 aliphatic carbocycles. The van der Waals surface area contributed by atoms with Crippen LogP contribution in [0.2, 0.25) is 0 Å². The predicted octanol–water partition coefficient (Wildman–Crippen LogP) is 2.04. The molecule has 0 aromatic rings. The van der Waals surface area contributed by atoms with Gasteiger partial charge < -0.3 is 10.6 Å². The molecular formula is C12H25ClN2O. The van der Waals surface area contributed by atoms with Crippen LogP contribution in [-0.2, 0) is 4.79 Å². The van der Waals surface area contributed by atoms with Gasteiger partial charge in [0, 0.05) is 13.1 Å². The molecule has 0 bridgehead atoms. The molecule has 1 aliphatic heterocycles. The molecule has 1 unspecified atom stereocenters. The Morgan fingerprint density at radius 3 is 2.62 bits per heavy atom. The van der Waals surface area contributed by atoms with Gasteiger partial charge in [-0.05, 0) is 31.1 Å². The Morgan fingerprint density at radius 1 is 1.50 bits per heavy atom. The first kappa shape index (κ1) is 15.7. The van der Waals surface area contributed by atoms with Crippen LogP contribution in [0.15, 0.2) is 0 Å². The Bertz CT molecular complexity index is 221. The lowest BCUT2D eigenvalue weighted by Gasteiger charge is -2.20. The predicted molar refractivity (Wildman–Crippen MR) is 69.7 cm³/mol. The lowest BCUT2D eigenvalue weighted by atomic mass is 9.97. The summed E-state index contributed by atoms with van der Waals surface area (Å²) < 4.78 is 0. The average molecular weight is 249 g/mol. The van der Waals surface area contributed by atoms with Crippen LogP contribution in [-0.4, -0.2) is 29.9 Å². The molecule has 0 aromatic carbocycles. The summed E-state index contributed by atoms with van der Waals surface area (Å²) in [6.45, 7) is 8.27. The fourth-order valence-electron chi connectivity index (χ4n) is 2.30. The van der Waals surface area contributed by atoms with Gasteiger partial charge in [0.2, 0.25) is 5.91 Å². The van der Waals surface area contributed by atoms with Crippen molar-refractivity contribution in [2.24, 2.45) is 17.6 Å². The molecule has 96 valence electrons. The minimum absolute atomic E-state index is 0. The van der Waals surface area contributed by atoms with E-state index in [4.69, 9.17) is 5.73 Å². The van der Waals surface area contributed by atoms with E-state index in [1.807, 2.05) is 11.8 Å². The lowest BCUT2D eigenvalue weighted by Crippen LogP contribution is -2.42. The van der Waals surface area contributed by atoms with E-state index in [1.54, 1.807) is 0 Å². The maximum atomic E-state index is 11.8. The number of hydrogen-bond donors (Lipinski definition) is 1. The van der Waals surface area contributed by atoms with Gasteiger partial charge in [-0.25, -0.2) is 0 Å². The van der Waals surface area contributed by atoms with Gasteiger partial charge in [-0.3, -0.25) is 4.79 Å². The largest absolute Gasteiger partial charge is 0.341 e. The SMILES string of the molecule is CC[C@H](N)C(=O)N1CCC(CC(C)C)C1.Cl. The van der Waals surface area contributed by atoms with E-state index in [0.29, 0.717) is 5.92 Å². The second-order valence-electron chi connectivity index (χ2n) is 5.08. The van der Waals surface area contributed by atoms with Crippen molar-refractivity contribution in [3.8, 4) is 0 Å².